The normalized spacial score (nSPS) is 30.9. The minimum atomic E-state index is -0.919. The highest BCUT2D eigenvalue weighted by Crippen LogP contribution is 2.41. The van der Waals surface area contributed by atoms with E-state index in [2.05, 4.69) is 32.7 Å². The number of carboxylic acid groups (broad SMARTS) is 2. The van der Waals surface area contributed by atoms with E-state index in [4.69, 9.17) is 4.84 Å². The number of rotatable bonds is 11. The van der Waals surface area contributed by atoms with E-state index < -0.39 is 23.8 Å². The van der Waals surface area contributed by atoms with Gasteiger partial charge >= 0.3 is 11.9 Å². The molecule has 46 heavy (non-hydrogen) atoms. The number of aliphatic hydroxyl groups excluding tert-OH is 1. The topological polar surface area (TPSA) is 202 Å². The third-order valence-corrected chi connectivity index (χ3v) is 10.7. The van der Waals surface area contributed by atoms with Gasteiger partial charge in [-0.2, -0.15) is 5.48 Å². The lowest BCUT2D eigenvalue weighted by atomic mass is 9.91. The number of amides is 1. The first-order chi connectivity index (χ1) is 22.0. The number of thiol groups is 1. The summed E-state index contributed by atoms with van der Waals surface area (Å²) >= 11 is 1.35. The van der Waals surface area contributed by atoms with E-state index in [1.54, 1.807) is 6.08 Å². The minimum Gasteiger partial charge on any atom is -0.516 e. The van der Waals surface area contributed by atoms with Gasteiger partial charge in [0.05, 0.1) is 24.1 Å². The lowest BCUT2D eigenvalue weighted by molar-refractivity contribution is -0.138. The molecule has 2 aromatic rings. The molecule has 1 amide bonds. The molecule has 0 radical (unpaired) electrons. The highest BCUT2D eigenvalue weighted by molar-refractivity contribution is 7.86. The Balaban J connectivity index is 1.45. The molecule has 4 saturated heterocycles. The van der Waals surface area contributed by atoms with Crippen molar-refractivity contribution in [3.63, 3.8) is 0 Å². The smallest absolute Gasteiger partial charge is 0.303 e. The maximum Gasteiger partial charge on any atom is 0.303 e. The van der Waals surface area contributed by atoms with E-state index in [-0.39, 0.29) is 49.3 Å². The van der Waals surface area contributed by atoms with Gasteiger partial charge in [-0.05, 0) is 84.5 Å². The number of aliphatic carboxylic acids is 2. The van der Waals surface area contributed by atoms with Crippen molar-refractivity contribution in [1.29, 1.82) is 0 Å². The van der Waals surface area contributed by atoms with Crippen molar-refractivity contribution >= 4 is 47.8 Å². The predicted molar refractivity (Wildman–Crippen MR) is 175 cm³/mol. The Morgan fingerprint density at radius 1 is 1.04 bits per heavy atom. The summed E-state index contributed by atoms with van der Waals surface area (Å²) in [4.78, 5) is 48.2. The molecule has 0 bridgehead atoms. The quantitative estimate of drug-likeness (QED) is 0.0572. The number of carbonyl (C=O) groups excluding carboxylic acids is 1. The molecule has 1 spiro atoms. The van der Waals surface area contributed by atoms with Crippen LogP contribution in [-0.2, 0) is 43.8 Å². The zero-order valence-electron chi connectivity index (χ0n) is 25.9. The fraction of sp³-hybridized carbons (Fsp3) is 0.424. The van der Waals surface area contributed by atoms with Gasteiger partial charge in [-0.25, -0.2) is 0 Å². The van der Waals surface area contributed by atoms with Crippen molar-refractivity contribution in [2.45, 2.75) is 63.6 Å². The Kier molecular flexibility index (Phi) is 8.53. The van der Waals surface area contributed by atoms with Gasteiger partial charge in [-0.15, -0.1) is 6.58 Å². The molecule has 0 aliphatic carbocycles. The van der Waals surface area contributed by atoms with Gasteiger partial charge in [-0.3, -0.25) is 24.5 Å². The van der Waals surface area contributed by atoms with Crippen LogP contribution in [0.4, 0.5) is 0 Å². The number of carbonyl (C=O) groups is 3. The van der Waals surface area contributed by atoms with Crippen LogP contribution in [0.3, 0.4) is 0 Å². The van der Waals surface area contributed by atoms with Crippen LogP contribution < -0.4 is 26.8 Å². The van der Waals surface area contributed by atoms with Crippen LogP contribution in [0.2, 0.25) is 0 Å². The molecule has 1 unspecified atom stereocenters. The van der Waals surface area contributed by atoms with Crippen LogP contribution in [0.1, 0.15) is 53.4 Å². The first-order valence-electron chi connectivity index (χ1n) is 15.4. The van der Waals surface area contributed by atoms with Crippen LogP contribution in [0, 0.1) is 31.6 Å². The molecule has 2 aromatic heterocycles. The third-order valence-electron chi connectivity index (χ3n) is 9.62. The molecule has 4 aliphatic heterocycles. The first kappa shape index (κ1) is 31.9. The van der Waals surface area contributed by atoms with E-state index in [1.165, 1.54) is 11.8 Å². The molecule has 8 N–H and O–H groups in total. The number of hydroxylamine groups is 1. The van der Waals surface area contributed by atoms with E-state index in [9.17, 15) is 29.7 Å². The van der Waals surface area contributed by atoms with Crippen LogP contribution in [0.15, 0.2) is 30.2 Å². The van der Waals surface area contributed by atoms with Crippen LogP contribution in [0.5, 0.6) is 0 Å². The van der Waals surface area contributed by atoms with Crippen molar-refractivity contribution in [2.75, 3.05) is 5.75 Å². The van der Waals surface area contributed by atoms with Gasteiger partial charge in [0.25, 0.3) is 0 Å². The molecule has 4 aliphatic rings. The Bertz CT molecular complexity index is 1800. The molecular weight excluding hydrogens is 610 g/mol. The molecule has 244 valence electrons. The summed E-state index contributed by atoms with van der Waals surface area (Å²) in [5.41, 5.74) is 9.32. The Labute approximate surface area is 269 Å². The van der Waals surface area contributed by atoms with Crippen LogP contribution >= 0.6 is 0 Å². The maximum absolute atomic E-state index is 12.6. The van der Waals surface area contributed by atoms with E-state index in [0.29, 0.717) is 21.9 Å². The molecule has 6 heterocycles. The van der Waals surface area contributed by atoms with Crippen LogP contribution in [0.25, 0.3) is 18.2 Å². The van der Waals surface area contributed by atoms with E-state index >= 15 is 0 Å². The molecular formula is C33H40N5O7S+. The standard InChI is InChI=1S/C33H39N5O7S/c1-5-21-20(13-39)26(37-33(21)38-45-33)10-22-15(2)18(6-8-29(40)41)24(34-22)12-25-19(7-9-30(42)43)16(3)23(35-25)11-27-31(28-14-46-28)17(4)32(44)36-27/h5,10-13,17,21,26,28,31,34-35,37-39H,1,6-9,14H2,2-4H3,(H,36,44)(H,40,41)(H,42,43)/p+1/b20-13+,22-10+,24-12+,27-11-/t17-,21?,26-,28+,31-,33-/m1/s1. The molecule has 12 nitrogen and oxygen atoms in total. The van der Waals surface area contributed by atoms with Crippen molar-refractivity contribution in [3.05, 3.63) is 74.5 Å². The highest BCUT2D eigenvalue weighted by Gasteiger charge is 2.59. The number of hydrogen-bond acceptors (Lipinski definition) is 7. The van der Waals surface area contributed by atoms with Gasteiger partial charge in [-0.1, -0.05) is 13.0 Å². The average molecular weight is 651 g/mol. The lowest BCUT2D eigenvalue weighted by Crippen LogP contribution is -2.37. The zero-order valence-corrected chi connectivity index (χ0v) is 26.8. The molecule has 4 fully saturated rings. The summed E-state index contributed by atoms with van der Waals surface area (Å²) in [6.07, 6.45) is 9.00. The van der Waals surface area contributed by atoms with Crippen molar-refractivity contribution < 1.29 is 34.5 Å². The van der Waals surface area contributed by atoms with E-state index in [1.807, 2.05) is 39.0 Å². The number of aromatic amines is 2. The van der Waals surface area contributed by atoms with Gasteiger partial charge in [0.2, 0.25) is 11.8 Å². The maximum atomic E-state index is 12.6. The second-order valence-electron chi connectivity index (χ2n) is 12.5. The fourth-order valence-corrected chi connectivity index (χ4v) is 7.89. The number of aliphatic hydroxyl groups is 1. The predicted octanol–water partition coefficient (Wildman–Crippen LogP) is 0.928. The summed E-state index contributed by atoms with van der Waals surface area (Å²) in [5.74, 6) is -1.87. The molecule has 0 aromatic carbocycles. The van der Waals surface area contributed by atoms with Gasteiger partial charge < -0.3 is 30.6 Å². The first-order valence-corrected chi connectivity index (χ1v) is 16.6. The molecule has 0 saturated carbocycles. The summed E-state index contributed by atoms with van der Waals surface area (Å²) in [6, 6.07) is -0.402. The van der Waals surface area contributed by atoms with Crippen molar-refractivity contribution in [1.82, 2.24) is 26.1 Å². The Hall–Kier alpha value is -4.04. The van der Waals surface area contributed by atoms with E-state index in [0.717, 1.165) is 51.0 Å². The SMILES string of the molecule is C=CC1/C(=C\O)[C@@H](/C=c2/[nH]/c(=C/c3[nH]c(/C=C4\NC(=O)[C@H](C)[C@H]4[C@@H]4C[SH+]4)c(C)c3CCC(=O)O)c(CCC(=O)O)c2C)N[C@@]12NO2. The number of nitrogens with one attached hydrogen (secondary N) is 5. The summed E-state index contributed by atoms with van der Waals surface area (Å²) < 4.78 is 0. The zero-order chi connectivity index (χ0) is 32.9. The summed E-state index contributed by atoms with van der Waals surface area (Å²) in [5, 5.41) is 37.4. The van der Waals surface area contributed by atoms with Gasteiger partial charge in [0, 0.05) is 46.5 Å². The number of aromatic nitrogens is 2. The van der Waals surface area contributed by atoms with Crippen LogP contribution in [-0.4, -0.2) is 66.0 Å². The molecule has 6 atom stereocenters. The Morgan fingerprint density at radius 2 is 1.72 bits per heavy atom. The summed E-state index contributed by atoms with van der Waals surface area (Å²) in [7, 11) is 0. The average Bonchev–Trinajstić information content (AvgIpc) is 3.89. The van der Waals surface area contributed by atoms with Crippen molar-refractivity contribution in [3.8, 4) is 0 Å². The largest absolute Gasteiger partial charge is 0.516 e. The fourth-order valence-electron chi connectivity index (χ4n) is 6.90. The van der Waals surface area contributed by atoms with Gasteiger partial charge in [0.1, 0.15) is 0 Å². The number of carboxylic acids is 2. The minimum absolute atomic E-state index is 0.0134. The van der Waals surface area contributed by atoms with Crippen molar-refractivity contribution in [2.24, 2.45) is 17.8 Å². The number of H-pyrrole nitrogens is 2. The number of hydrogen-bond donors (Lipinski definition) is 8. The summed E-state index contributed by atoms with van der Waals surface area (Å²) in [6.45, 7) is 9.70. The van der Waals surface area contributed by atoms with Gasteiger partial charge in [0.15, 0.2) is 11.0 Å². The molecule has 13 heteroatoms. The lowest BCUT2D eigenvalue weighted by Gasteiger charge is -2.08. The second kappa shape index (κ2) is 12.3. The monoisotopic (exact) mass is 650 g/mol. The Morgan fingerprint density at radius 3 is 2.30 bits per heavy atom. The second-order valence-corrected chi connectivity index (χ2v) is 13.8. The highest BCUT2D eigenvalue weighted by atomic mass is 32.2. The molecule has 6 rings (SSSR count). The number of allylic oxidation sites excluding steroid dienone is 1. The third kappa shape index (κ3) is 5.95.